The minimum Gasteiger partial charge on any atom is -0.490 e. The molecule has 0 unspecified atom stereocenters. The highest BCUT2D eigenvalue weighted by atomic mass is 16.5. The highest BCUT2D eigenvalue weighted by Crippen LogP contribution is 2.33. The smallest absolute Gasteiger partial charge is 0.161 e. The molecule has 0 aliphatic heterocycles. The summed E-state index contributed by atoms with van der Waals surface area (Å²) in [5, 5.41) is 3.14. The van der Waals surface area contributed by atoms with Gasteiger partial charge in [0.25, 0.3) is 0 Å². The van der Waals surface area contributed by atoms with Gasteiger partial charge in [0, 0.05) is 6.54 Å². The molecular weight excluding hydrogens is 214 g/mol. The Labute approximate surface area is 103 Å². The van der Waals surface area contributed by atoms with Gasteiger partial charge in [-0.2, -0.15) is 0 Å². The predicted molar refractivity (Wildman–Crippen MR) is 68.6 cm³/mol. The van der Waals surface area contributed by atoms with Crippen LogP contribution in [0.25, 0.3) is 0 Å². The zero-order chi connectivity index (χ0) is 12.1. The highest BCUT2D eigenvalue weighted by molar-refractivity contribution is 5.43. The van der Waals surface area contributed by atoms with Crippen molar-refractivity contribution in [1.82, 2.24) is 5.32 Å². The van der Waals surface area contributed by atoms with Gasteiger partial charge >= 0.3 is 0 Å². The minimum absolute atomic E-state index is 0.669. The van der Waals surface area contributed by atoms with E-state index in [1.165, 1.54) is 18.4 Å². The normalized spacial score (nSPS) is 14.7. The summed E-state index contributed by atoms with van der Waals surface area (Å²) in [6.07, 6.45) is 2.61. The van der Waals surface area contributed by atoms with E-state index in [-0.39, 0.29) is 0 Å². The Morgan fingerprint density at radius 3 is 2.71 bits per heavy atom. The van der Waals surface area contributed by atoms with Crippen LogP contribution in [0.4, 0.5) is 0 Å². The lowest BCUT2D eigenvalue weighted by atomic mass is 10.2. The summed E-state index contributed by atoms with van der Waals surface area (Å²) in [5.41, 5.74) is 1.22. The van der Waals surface area contributed by atoms with E-state index in [0.717, 1.165) is 30.6 Å². The first-order valence-corrected chi connectivity index (χ1v) is 6.36. The third kappa shape index (κ3) is 3.63. The average molecular weight is 235 g/mol. The zero-order valence-electron chi connectivity index (χ0n) is 10.7. The summed E-state index contributed by atoms with van der Waals surface area (Å²) >= 11 is 0. The second kappa shape index (κ2) is 5.92. The number of ether oxygens (including phenoxy) is 2. The molecule has 1 aromatic carbocycles. The largest absolute Gasteiger partial charge is 0.490 e. The maximum Gasteiger partial charge on any atom is 0.161 e. The Kier molecular flexibility index (Phi) is 4.26. The van der Waals surface area contributed by atoms with Crippen molar-refractivity contribution >= 4 is 0 Å². The van der Waals surface area contributed by atoms with Gasteiger partial charge in [0.2, 0.25) is 0 Å². The van der Waals surface area contributed by atoms with Gasteiger partial charge < -0.3 is 14.8 Å². The Hall–Kier alpha value is -1.22. The molecule has 3 nitrogen and oxygen atoms in total. The first-order valence-electron chi connectivity index (χ1n) is 6.36. The number of nitrogens with one attached hydrogen (secondary N) is 1. The summed E-state index contributed by atoms with van der Waals surface area (Å²) in [5.74, 6) is 2.50. The molecule has 0 saturated heterocycles. The van der Waals surface area contributed by atoms with Crippen LogP contribution in [-0.4, -0.2) is 20.3 Å². The molecule has 2 rings (SSSR count). The molecule has 1 aromatic rings. The molecule has 1 fully saturated rings. The first kappa shape index (κ1) is 12.2. The van der Waals surface area contributed by atoms with Crippen molar-refractivity contribution in [1.29, 1.82) is 0 Å². The van der Waals surface area contributed by atoms with Gasteiger partial charge in [-0.3, -0.25) is 0 Å². The van der Waals surface area contributed by atoms with Crippen LogP contribution >= 0.6 is 0 Å². The van der Waals surface area contributed by atoms with Crippen LogP contribution in [-0.2, 0) is 6.54 Å². The fraction of sp³-hybridized carbons (Fsp3) is 0.571. The molecule has 1 saturated carbocycles. The number of rotatable bonds is 7. The van der Waals surface area contributed by atoms with E-state index in [2.05, 4.69) is 17.4 Å². The highest BCUT2D eigenvalue weighted by Gasteiger charge is 2.22. The Morgan fingerprint density at radius 2 is 2.06 bits per heavy atom. The van der Waals surface area contributed by atoms with E-state index < -0.39 is 0 Å². The summed E-state index contributed by atoms with van der Waals surface area (Å²) < 4.78 is 11.4. The lowest BCUT2D eigenvalue weighted by molar-refractivity contribution is 0.266. The van der Waals surface area contributed by atoms with Gasteiger partial charge in [-0.05, 0) is 50.4 Å². The molecule has 0 amide bonds. The maximum absolute atomic E-state index is 5.80. The van der Waals surface area contributed by atoms with Crippen molar-refractivity contribution in [2.24, 2.45) is 5.92 Å². The molecule has 0 atom stereocenters. The minimum atomic E-state index is 0.669. The molecule has 0 spiro atoms. The Balaban J connectivity index is 2.05. The van der Waals surface area contributed by atoms with Crippen LogP contribution in [0, 0.1) is 5.92 Å². The van der Waals surface area contributed by atoms with Crippen molar-refractivity contribution in [3.8, 4) is 11.5 Å². The maximum atomic E-state index is 5.80. The Bertz CT molecular complexity index is 361. The first-order chi connectivity index (χ1) is 8.33. The summed E-state index contributed by atoms with van der Waals surface area (Å²) in [6.45, 7) is 4.34. The molecule has 0 aromatic heterocycles. The van der Waals surface area contributed by atoms with Crippen molar-refractivity contribution in [2.75, 3.05) is 20.3 Å². The lowest BCUT2D eigenvalue weighted by Gasteiger charge is -2.13. The number of benzene rings is 1. The van der Waals surface area contributed by atoms with Crippen LogP contribution in [0.15, 0.2) is 18.2 Å². The van der Waals surface area contributed by atoms with Crippen LogP contribution in [0.1, 0.15) is 25.3 Å². The van der Waals surface area contributed by atoms with E-state index in [1.807, 2.05) is 20.0 Å². The predicted octanol–water partition coefficient (Wildman–Crippen LogP) is 2.59. The van der Waals surface area contributed by atoms with Crippen LogP contribution in [0.3, 0.4) is 0 Å². The quantitative estimate of drug-likeness (QED) is 0.788. The van der Waals surface area contributed by atoms with Crippen LogP contribution in [0.2, 0.25) is 0 Å². The average Bonchev–Trinajstić information content (AvgIpc) is 3.13. The third-order valence-electron chi connectivity index (χ3n) is 2.86. The van der Waals surface area contributed by atoms with E-state index >= 15 is 0 Å². The fourth-order valence-electron chi connectivity index (χ4n) is 1.75. The molecule has 1 aliphatic rings. The topological polar surface area (TPSA) is 30.5 Å². The molecule has 1 N–H and O–H groups in total. The summed E-state index contributed by atoms with van der Waals surface area (Å²) in [6, 6.07) is 6.16. The third-order valence-corrected chi connectivity index (χ3v) is 2.86. The van der Waals surface area contributed by atoms with Gasteiger partial charge in [0.15, 0.2) is 11.5 Å². The summed E-state index contributed by atoms with van der Waals surface area (Å²) in [4.78, 5) is 0. The van der Waals surface area contributed by atoms with E-state index in [9.17, 15) is 0 Å². The van der Waals surface area contributed by atoms with E-state index in [0.29, 0.717) is 6.61 Å². The number of hydrogen-bond donors (Lipinski definition) is 1. The number of hydrogen-bond acceptors (Lipinski definition) is 3. The van der Waals surface area contributed by atoms with E-state index in [4.69, 9.17) is 9.47 Å². The molecule has 17 heavy (non-hydrogen) atoms. The van der Waals surface area contributed by atoms with Crippen molar-refractivity contribution in [3.63, 3.8) is 0 Å². The lowest BCUT2D eigenvalue weighted by Crippen LogP contribution is -2.07. The molecule has 0 bridgehead atoms. The second-order valence-electron chi connectivity index (χ2n) is 4.50. The van der Waals surface area contributed by atoms with Gasteiger partial charge in [-0.15, -0.1) is 0 Å². The molecule has 3 heteroatoms. The molecular formula is C14H21NO2. The van der Waals surface area contributed by atoms with Crippen molar-refractivity contribution < 1.29 is 9.47 Å². The fourth-order valence-corrected chi connectivity index (χ4v) is 1.75. The van der Waals surface area contributed by atoms with Crippen LogP contribution < -0.4 is 14.8 Å². The van der Waals surface area contributed by atoms with Gasteiger partial charge in [-0.1, -0.05) is 6.07 Å². The molecule has 0 radical (unpaired) electrons. The standard InChI is InChI=1S/C14H21NO2/c1-3-16-14-8-12(9-15-2)6-7-13(14)17-10-11-4-5-11/h6-8,11,15H,3-5,9-10H2,1-2H3. The molecule has 0 heterocycles. The van der Waals surface area contributed by atoms with E-state index in [1.54, 1.807) is 0 Å². The van der Waals surface area contributed by atoms with Crippen molar-refractivity contribution in [2.45, 2.75) is 26.3 Å². The second-order valence-corrected chi connectivity index (χ2v) is 4.50. The monoisotopic (exact) mass is 235 g/mol. The SMILES string of the molecule is CCOc1cc(CNC)ccc1OCC1CC1. The van der Waals surface area contributed by atoms with Crippen LogP contribution in [0.5, 0.6) is 11.5 Å². The Morgan fingerprint density at radius 1 is 1.24 bits per heavy atom. The molecule has 94 valence electrons. The summed E-state index contributed by atoms with van der Waals surface area (Å²) in [7, 11) is 1.94. The zero-order valence-corrected chi connectivity index (χ0v) is 10.7. The van der Waals surface area contributed by atoms with Gasteiger partial charge in [0.1, 0.15) is 0 Å². The molecule has 1 aliphatic carbocycles. The van der Waals surface area contributed by atoms with Gasteiger partial charge in [0.05, 0.1) is 13.2 Å². The van der Waals surface area contributed by atoms with Gasteiger partial charge in [-0.25, -0.2) is 0 Å². The van der Waals surface area contributed by atoms with Crippen molar-refractivity contribution in [3.05, 3.63) is 23.8 Å².